The number of aryl methyl sites for hydroxylation is 1. The standard InChI is InChI=1S/C24H26NOP/c1-2-22(16-12-15-21-13-6-3-7-14-21)25-27(26,23-17-8-4-9-18-23)24-19-10-5-11-20-24/h3-11,13-14,17-20H,2,12,15-16H2,1H3/b25-22+. The maximum atomic E-state index is 14.0. The third kappa shape index (κ3) is 5.05. The number of benzene rings is 3. The van der Waals surface area contributed by atoms with Crippen molar-refractivity contribution in [2.45, 2.75) is 32.6 Å². The Balaban J connectivity index is 1.86. The van der Waals surface area contributed by atoms with Crippen LogP contribution in [0.25, 0.3) is 0 Å². The summed E-state index contributed by atoms with van der Waals surface area (Å²) in [7, 11) is -3.02. The van der Waals surface area contributed by atoms with Crippen LogP contribution < -0.4 is 10.6 Å². The minimum absolute atomic E-state index is 0.796. The van der Waals surface area contributed by atoms with Crippen LogP contribution in [0.5, 0.6) is 0 Å². The molecule has 0 aliphatic rings. The van der Waals surface area contributed by atoms with Crippen LogP contribution >= 0.6 is 7.29 Å². The van der Waals surface area contributed by atoms with Crippen molar-refractivity contribution < 1.29 is 4.57 Å². The summed E-state index contributed by atoms with van der Waals surface area (Å²) < 4.78 is 18.9. The summed E-state index contributed by atoms with van der Waals surface area (Å²) in [6.07, 6.45) is 3.72. The lowest BCUT2D eigenvalue weighted by Gasteiger charge is -2.17. The van der Waals surface area contributed by atoms with Crippen molar-refractivity contribution in [3.8, 4) is 0 Å². The molecule has 3 aromatic carbocycles. The highest BCUT2D eigenvalue weighted by Gasteiger charge is 2.26. The van der Waals surface area contributed by atoms with E-state index in [4.69, 9.17) is 4.76 Å². The molecule has 0 saturated heterocycles. The fourth-order valence-corrected chi connectivity index (χ4v) is 5.48. The molecule has 3 rings (SSSR count). The van der Waals surface area contributed by atoms with E-state index >= 15 is 0 Å². The van der Waals surface area contributed by atoms with Gasteiger partial charge in [-0.2, -0.15) is 0 Å². The topological polar surface area (TPSA) is 29.4 Å². The Morgan fingerprint density at radius 1 is 0.778 bits per heavy atom. The number of rotatable bonds is 8. The van der Waals surface area contributed by atoms with E-state index in [1.54, 1.807) is 0 Å². The van der Waals surface area contributed by atoms with Gasteiger partial charge in [-0.25, -0.2) is 4.76 Å². The van der Waals surface area contributed by atoms with Gasteiger partial charge in [0.15, 0.2) is 0 Å². The number of nitrogens with zero attached hydrogens (tertiary/aromatic N) is 1. The Morgan fingerprint density at radius 2 is 1.26 bits per heavy atom. The first kappa shape index (κ1) is 19.3. The van der Waals surface area contributed by atoms with Crippen molar-refractivity contribution in [1.29, 1.82) is 0 Å². The molecule has 3 heteroatoms. The van der Waals surface area contributed by atoms with Gasteiger partial charge >= 0.3 is 0 Å². The molecule has 27 heavy (non-hydrogen) atoms. The molecule has 0 heterocycles. The average Bonchev–Trinajstić information content (AvgIpc) is 2.75. The summed E-state index contributed by atoms with van der Waals surface area (Å²) in [5.74, 6) is 0. The third-order valence-electron chi connectivity index (χ3n) is 4.68. The summed E-state index contributed by atoms with van der Waals surface area (Å²) in [6, 6.07) is 29.8. The molecule has 0 aliphatic heterocycles. The Hall–Kier alpha value is -2.44. The molecule has 0 unspecified atom stereocenters. The summed E-state index contributed by atoms with van der Waals surface area (Å²) in [5.41, 5.74) is 2.37. The molecule has 0 atom stereocenters. The SMILES string of the molecule is CC/C(CCCc1ccccc1)=N\P(=O)(c1ccccc1)c1ccccc1. The van der Waals surface area contributed by atoms with Gasteiger partial charge < -0.3 is 0 Å². The van der Waals surface area contributed by atoms with E-state index in [2.05, 4.69) is 31.2 Å². The summed E-state index contributed by atoms with van der Waals surface area (Å²) in [6.45, 7) is 2.10. The van der Waals surface area contributed by atoms with E-state index in [0.29, 0.717) is 0 Å². The van der Waals surface area contributed by atoms with Crippen molar-refractivity contribution in [3.63, 3.8) is 0 Å². The summed E-state index contributed by atoms with van der Waals surface area (Å²) >= 11 is 0. The second-order valence-corrected chi connectivity index (χ2v) is 8.99. The molecular formula is C24H26NOP. The first-order valence-electron chi connectivity index (χ1n) is 9.55. The Morgan fingerprint density at radius 3 is 1.74 bits per heavy atom. The highest BCUT2D eigenvalue weighted by molar-refractivity contribution is 7.77. The number of hydrogen-bond acceptors (Lipinski definition) is 1. The van der Waals surface area contributed by atoms with Crippen LogP contribution in [0.3, 0.4) is 0 Å². The Labute approximate surface area is 162 Å². The van der Waals surface area contributed by atoms with Gasteiger partial charge in [0.2, 0.25) is 7.29 Å². The van der Waals surface area contributed by atoms with Crippen LogP contribution in [0.2, 0.25) is 0 Å². The van der Waals surface area contributed by atoms with Crippen molar-refractivity contribution in [3.05, 3.63) is 96.6 Å². The highest BCUT2D eigenvalue weighted by atomic mass is 31.2. The van der Waals surface area contributed by atoms with Crippen LogP contribution in [0.4, 0.5) is 0 Å². The van der Waals surface area contributed by atoms with E-state index in [0.717, 1.165) is 42.0 Å². The lowest BCUT2D eigenvalue weighted by atomic mass is 10.1. The maximum Gasteiger partial charge on any atom is 0.247 e. The van der Waals surface area contributed by atoms with E-state index in [-0.39, 0.29) is 0 Å². The van der Waals surface area contributed by atoms with Gasteiger partial charge in [-0.15, -0.1) is 0 Å². The van der Waals surface area contributed by atoms with Gasteiger partial charge in [0, 0.05) is 16.3 Å². The van der Waals surface area contributed by atoms with Crippen LogP contribution in [0, 0.1) is 0 Å². The van der Waals surface area contributed by atoms with Crippen LogP contribution in [-0.2, 0) is 11.0 Å². The van der Waals surface area contributed by atoms with Crippen LogP contribution in [0.15, 0.2) is 95.8 Å². The van der Waals surface area contributed by atoms with E-state index in [1.165, 1.54) is 5.56 Å². The molecule has 0 fully saturated rings. The monoisotopic (exact) mass is 375 g/mol. The molecule has 0 aliphatic carbocycles. The van der Waals surface area contributed by atoms with Gasteiger partial charge in [-0.1, -0.05) is 73.7 Å². The normalized spacial score (nSPS) is 12.1. The molecule has 0 spiro atoms. The highest BCUT2D eigenvalue weighted by Crippen LogP contribution is 2.45. The molecule has 138 valence electrons. The molecule has 0 radical (unpaired) electrons. The molecule has 3 aromatic rings. The lowest BCUT2D eigenvalue weighted by molar-refractivity contribution is 0.588. The Bertz CT molecular complexity index is 861. The smallest absolute Gasteiger partial charge is 0.247 e. The first-order chi connectivity index (χ1) is 13.2. The minimum Gasteiger partial charge on any atom is -0.288 e. The second-order valence-electron chi connectivity index (χ2n) is 6.61. The van der Waals surface area contributed by atoms with Gasteiger partial charge in [0.25, 0.3) is 0 Å². The van der Waals surface area contributed by atoms with Gasteiger partial charge in [0.1, 0.15) is 0 Å². The third-order valence-corrected chi connectivity index (χ3v) is 7.24. The fraction of sp³-hybridized carbons (Fsp3) is 0.208. The van der Waals surface area contributed by atoms with E-state index in [9.17, 15) is 4.57 Å². The first-order valence-corrected chi connectivity index (χ1v) is 11.2. The van der Waals surface area contributed by atoms with Crippen molar-refractivity contribution in [2.24, 2.45) is 4.76 Å². The lowest BCUT2D eigenvalue weighted by Crippen LogP contribution is -2.15. The van der Waals surface area contributed by atoms with Gasteiger partial charge in [-0.3, -0.25) is 4.57 Å². The summed E-state index contributed by atoms with van der Waals surface area (Å²) in [5, 5.41) is 1.59. The molecule has 0 bridgehead atoms. The van der Waals surface area contributed by atoms with Crippen LogP contribution in [0.1, 0.15) is 31.7 Å². The quantitative estimate of drug-likeness (QED) is 0.362. The molecule has 0 amide bonds. The molecule has 2 nitrogen and oxygen atoms in total. The Kier molecular flexibility index (Phi) is 6.79. The molecule has 0 aromatic heterocycles. The molecule has 0 N–H and O–H groups in total. The predicted octanol–water partition coefficient (Wildman–Crippen LogP) is 5.79. The van der Waals surface area contributed by atoms with Crippen LogP contribution in [-0.4, -0.2) is 5.71 Å². The maximum absolute atomic E-state index is 14.0. The zero-order valence-electron chi connectivity index (χ0n) is 15.8. The van der Waals surface area contributed by atoms with E-state index in [1.807, 2.05) is 66.7 Å². The zero-order valence-corrected chi connectivity index (χ0v) is 16.7. The number of hydrogen-bond donors (Lipinski definition) is 0. The van der Waals surface area contributed by atoms with Gasteiger partial charge in [-0.05, 0) is 55.5 Å². The molecular weight excluding hydrogens is 349 g/mol. The zero-order chi connectivity index (χ0) is 19.0. The van der Waals surface area contributed by atoms with E-state index < -0.39 is 7.29 Å². The van der Waals surface area contributed by atoms with Crippen molar-refractivity contribution >= 4 is 23.6 Å². The largest absolute Gasteiger partial charge is 0.288 e. The van der Waals surface area contributed by atoms with Crippen molar-refractivity contribution in [1.82, 2.24) is 0 Å². The summed E-state index contributed by atoms with van der Waals surface area (Å²) in [4.78, 5) is 0. The fourth-order valence-electron chi connectivity index (χ4n) is 3.16. The minimum atomic E-state index is -3.02. The van der Waals surface area contributed by atoms with Gasteiger partial charge in [0.05, 0.1) is 0 Å². The predicted molar refractivity (Wildman–Crippen MR) is 117 cm³/mol. The molecule has 0 saturated carbocycles. The average molecular weight is 375 g/mol. The second kappa shape index (κ2) is 9.48. The van der Waals surface area contributed by atoms with Crippen molar-refractivity contribution in [2.75, 3.05) is 0 Å².